The van der Waals surface area contributed by atoms with Gasteiger partial charge in [-0.25, -0.2) is 9.97 Å². The number of ether oxygens (including phenoxy) is 1. The molecule has 0 N–H and O–H groups in total. The van der Waals surface area contributed by atoms with Gasteiger partial charge in [0.15, 0.2) is 5.82 Å². The summed E-state index contributed by atoms with van der Waals surface area (Å²) in [6.07, 6.45) is 10.5. The maximum Gasteiger partial charge on any atom is 0.248 e. The van der Waals surface area contributed by atoms with Crippen molar-refractivity contribution >= 4 is 5.91 Å². The molecular formula is C15H19N5O2. The second-order valence-electron chi connectivity index (χ2n) is 5.32. The fraction of sp³-hybridized carbons (Fsp3) is 0.467. The third kappa shape index (κ3) is 2.99. The van der Waals surface area contributed by atoms with Gasteiger partial charge in [0.2, 0.25) is 5.91 Å². The molecule has 116 valence electrons. The molecule has 2 aromatic rings. The number of nitrogens with zero attached hydrogens (tertiary/aromatic N) is 5. The minimum atomic E-state index is 0.0509. The smallest absolute Gasteiger partial charge is 0.248 e. The molecule has 0 bridgehead atoms. The molecule has 1 amide bonds. The molecule has 3 rings (SSSR count). The minimum Gasteiger partial charge on any atom is -0.375 e. The number of imidazole rings is 1. The van der Waals surface area contributed by atoms with E-state index in [2.05, 4.69) is 15.0 Å². The Bertz CT molecular complexity index is 621. The zero-order valence-corrected chi connectivity index (χ0v) is 12.6. The van der Waals surface area contributed by atoms with Crippen molar-refractivity contribution in [3.63, 3.8) is 0 Å². The second-order valence-corrected chi connectivity index (χ2v) is 5.32. The first-order valence-corrected chi connectivity index (χ1v) is 7.35. The highest BCUT2D eigenvalue weighted by Crippen LogP contribution is 2.29. The van der Waals surface area contributed by atoms with Crippen molar-refractivity contribution < 1.29 is 9.53 Å². The van der Waals surface area contributed by atoms with Crippen LogP contribution in [0.1, 0.15) is 24.5 Å². The lowest BCUT2D eigenvalue weighted by atomic mass is 9.93. The van der Waals surface area contributed by atoms with E-state index in [4.69, 9.17) is 4.74 Å². The molecule has 1 aliphatic heterocycles. The van der Waals surface area contributed by atoms with Crippen LogP contribution < -0.4 is 0 Å². The summed E-state index contributed by atoms with van der Waals surface area (Å²) >= 11 is 0. The van der Waals surface area contributed by atoms with Crippen molar-refractivity contribution in [2.24, 2.45) is 0 Å². The SMILES string of the molecule is COCC(=O)N1CCC(c2nccnc2-n2ccnc2)CC1. The molecule has 7 nitrogen and oxygen atoms in total. The molecule has 0 atom stereocenters. The van der Waals surface area contributed by atoms with E-state index < -0.39 is 0 Å². The fourth-order valence-corrected chi connectivity index (χ4v) is 2.83. The Kier molecular flexibility index (Phi) is 4.43. The van der Waals surface area contributed by atoms with Crippen LogP contribution in [0.4, 0.5) is 0 Å². The summed E-state index contributed by atoms with van der Waals surface area (Å²) in [4.78, 5) is 26.7. The van der Waals surface area contributed by atoms with Crippen LogP contribution in [0.2, 0.25) is 0 Å². The van der Waals surface area contributed by atoms with Crippen LogP contribution in [0.15, 0.2) is 31.1 Å². The van der Waals surface area contributed by atoms with Gasteiger partial charge in [0.25, 0.3) is 0 Å². The highest BCUT2D eigenvalue weighted by atomic mass is 16.5. The highest BCUT2D eigenvalue weighted by molar-refractivity contribution is 5.77. The molecule has 0 aromatic carbocycles. The van der Waals surface area contributed by atoms with Crippen molar-refractivity contribution in [1.82, 2.24) is 24.4 Å². The molecule has 1 saturated heterocycles. The molecule has 1 fully saturated rings. The van der Waals surface area contributed by atoms with Crippen LogP contribution in [-0.2, 0) is 9.53 Å². The zero-order valence-electron chi connectivity index (χ0n) is 12.6. The normalized spacial score (nSPS) is 16.0. The summed E-state index contributed by atoms with van der Waals surface area (Å²) in [5.41, 5.74) is 0.972. The summed E-state index contributed by atoms with van der Waals surface area (Å²) in [7, 11) is 1.54. The molecule has 1 aliphatic rings. The number of carbonyl (C=O) groups excluding carboxylic acids is 1. The predicted octanol–water partition coefficient (Wildman–Crippen LogP) is 1.01. The number of amides is 1. The van der Waals surface area contributed by atoms with Gasteiger partial charge in [0.05, 0.1) is 5.69 Å². The average Bonchev–Trinajstić information content (AvgIpc) is 3.10. The van der Waals surface area contributed by atoms with Gasteiger partial charge < -0.3 is 9.64 Å². The van der Waals surface area contributed by atoms with E-state index in [1.165, 1.54) is 0 Å². The fourth-order valence-electron chi connectivity index (χ4n) is 2.83. The molecule has 0 spiro atoms. The van der Waals surface area contributed by atoms with Crippen LogP contribution in [-0.4, -0.2) is 57.1 Å². The molecule has 2 aromatic heterocycles. The van der Waals surface area contributed by atoms with E-state index in [0.717, 1.165) is 37.4 Å². The van der Waals surface area contributed by atoms with E-state index >= 15 is 0 Å². The van der Waals surface area contributed by atoms with Gasteiger partial charge in [-0.3, -0.25) is 14.3 Å². The molecular weight excluding hydrogens is 282 g/mol. The van der Waals surface area contributed by atoms with E-state index in [9.17, 15) is 4.79 Å². The topological polar surface area (TPSA) is 73.1 Å². The number of carbonyl (C=O) groups is 1. The van der Waals surface area contributed by atoms with Crippen molar-refractivity contribution in [3.8, 4) is 5.82 Å². The molecule has 3 heterocycles. The van der Waals surface area contributed by atoms with E-state index in [0.29, 0.717) is 5.92 Å². The number of rotatable bonds is 4. The summed E-state index contributed by atoms with van der Waals surface area (Å²) < 4.78 is 6.79. The van der Waals surface area contributed by atoms with Crippen LogP contribution in [0.3, 0.4) is 0 Å². The van der Waals surface area contributed by atoms with Crippen LogP contribution in [0.5, 0.6) is 0 Å². The lowest BCUT2D eigenvalue weighted by Crippen LogP contribution is -2.40. The first kappa shape index (κ1) is 14.6. The number of piperidine rings is 1. The van der Waals surface area contributed by atoms with Gasteiger partial charge in [-0.05, 0) is 12.8 Å². The largest absolute Gasteiger partial charge is 0.375 e. The van der Waals surface area contributed by atoms with E-state index in [-0.39, 0.29) is 12.5 Å². The van der Waals surface area contributed by atoms with E-state index in [1.54, 1.807) is 32.0 Å². The Morgan fingerprint density at radius 2 is 2.05 bits per heavy atom. The Morgan fingerprint density at radius 1 is 1.27 bits per heavy atom. The van der Waals surface area contributed by atoms with Crippen molar-refractivity contribution in [2.75, 3.05) is 26.8 Å². The van der Waals surface area contributed by atoms with Crippen LogP contribution in [0, 0.1) is 0 Å². The molecule has 7 heteroatoms. The summed E-state index contributed by atoms with van der Waals surface area (Å²) in [5.74, 6) is 1.18. The number of hydrogen-bond acceptors (Lipinski definition) is 5. The number of hydrogen-bond donors (Lipinski definition) is 0. The van der Waals surface area contributed by atoms with Gasteiger partial charge >= 0.3 is 0 Å². The maximum absolute atomic E-state index is 11.9. The zero-order chi connectivity index (χ0) is 15.4. The summed E-state index contributed by atoms with van der Waals surface area (Å²) in [6.45, 7) is 1.61. The lowest BCUT2D eigenvalue weighted by molar-refractivity contribution is -0.136. The van der Waals surface area contributed by atoms with Crippen molar-refractivity contribution in [2.45, 2.75) is 18.8 Å². The molecule has 0 saturated carbocycles. The number of methoxy groups -OCH3 is 1. The molecule has 22 heavy (non-hydrogen) atoms. The predicted molar refractivity (Wildman–Crippen MR) is 79.6 cm³/mol. The Balaban J connectivity index is 1.73. The molecule has 0 aliphatic carbocycles. The number of likely N-dealkylation sites (tertiary alicyclic amines) is 1. The Labute approximate surface area is 129 Å². The first-order valence-electron chi connectivity index (χ1n) is 7.35. The highest BCUT2D eigenvalue weighted by Gasteiger charge is 2.26. The molecule has 0 radical (unpaired) electrons. The lowest BCUT2D eigenvalue weighted by Gasteiger charge is -2.32. The van der Waals surface area contributed by atoms with Crippen molar-refractivity contribution in [1.29, 1.82) is 0 Å². The first-order chi connectivity index (χ1) is 10.8. The van der Waals surface area contributed by atoms with Gasteiger partial charge in [-0.15, -0.1) is 0 Å². The van der Waals surface area contributed by atoms with Crippen LogP contribution in [0.25, 0.3) is 5.82 Å². The Morgan fingerprint density at radius 3 is 2.73 bits per heavy atom. The summed E-state index contributed by atoms with van der Waals surface area (Å²) in [6, 6.07) is 0. The third-order valence-electron chi connectivity index (χ3n) is 3.96. The standard InChI is InChI=1S/C15H19N5O2/c1-22-10-13(21)19-7-2-12(3-8-19)14-15(18-5-4-17-14)20-9-6-16-11-20/h4-6,9,11-12H,2-3,7-8,10H2,1H3. The third-order valence-corrected chi connectivity index (χ3v) is 3.96. The summed E-state index contributed by atoms with van der Waals surface area (Å²) in [5, 5.41) is 0. The van der Waals surface area contributed by atoms with Gasteiger partial charge in [0, 0.05) is 50.9 Å². The minimum absolute atomic E-state index is 0.0509. The quantitative estimate of drug-likeness (QED) is 0.843. The van der Waals surface area contributed by atoms with Crippen LogP contribution >= 0.6 is 0 Å². The maximum atomic E-state index is 11.9. The second kappa shape index (κ2) is 6.65. The molecule has 0 unspecified atom stereocenters. The van der Waals surface area contributed by atoms with Gasteiger partial charge in [0.1, 0.15) is 12.9 Å². The monoisotopic (exact) mass is 301 g/mol. The van der Waals surface area contributed by atoms with Crippen molar-refractivity contribution in [3.05, 3.63) is 36.8 Å². The van der Waals surface area contributed by atoms with Gasteiger partial charge in [-0.2, -0.15) is 0 Å². The van der Waals surface area contributed by atoms with Gasteiger partial charge in [-0.1, -0.05) is 0 Å². The average molecular weight is 301 g/mol. The number of aromatic nitrogens is 4. The van der Waals surface area contributed by atoms with E-state index in [1.807, 2.05) is 15.7 Å². The Hall–Kier alpha value is -2.28.